The lowest BCUT2D eigenvalue weighted by molar-refractivity contribution is 0.0974. The van der Waals surface area contributed by atoms with E-state index in [9.17, 15) is 9.90 Å². The van der Waals surface area contributed by atoms with Crippen LogP contribution < -0.4 is 16.4 Å². The molecule has 19 heavy (non-hydrogen) atoms. The van der Waals surface area contributed by atoms with Gasteiger partial charge in [-0.2, -0.15) is 5.26 Å². The number of hydrogen-bond acceptors (Lipinski definition) is 5. The van der Waals surface area contributed by atoms with Crippen LogP contribution in [-0.2, 0) is 0 Å². The lowest BCUT2D eigenvalue weighted by Crippen LogP contribution is -2.36. The number of nitriles is 1. The second-order valence-corrected chi connectivity index (χ2v) is 4.16. The van der Waals surface area contributed by atoms with E-state index >= 15 is 0 Å². The summed E-state index contributed by atoms with van der Waals surface area (Å²) in [6.07, 6.45) is 0. The van der Waals surface area contributed by atoms with Gasteiger partial charge in [-0.1, -0.05) is 0 Å². The average Bonchev–Trinajstić information content (AvgIpc) is 2.27. The molecule has 6 N–H and O–H groups in total. The monoisotopic (exact) mass is 261 g/mol. The molecule has 0 aromatic heterocycles. The molecular formula is C12H15N5O2. The van der Waals surface area contributed by atoms with Crippen LogP contribution in [0.4, 0.5) is 5.69 Å². The first-order valence-corrected chi connectivity index (χ1v) is 5.54. The Hall–Kier alpha value is -2.75. The molecule has 0 radical (unpaired) electrons. The van der Waals surface area contributed by atoms with Crippen molar-refractivity contribution in [1.29, 1.82) is 10.7 Å². The van der Waals surface area contributed by atoms with Crippen LogP contribution in [0.15, 0.2) is 12.1 Å². The Bertz CT molecular complexity index is 560. The molecule has 0 atom stereocenters. The fourth-order valence-electron chi connectivity index (χ4n) is 1.54. The van der Waals surface area contributed by atoms with E-state index in [0.717, 1.165) is 0 Å². The number of hydrogen-bond donors (Lipinski definition) is 5. The molecule has 0 aliphatic heterocycles. The van der Waals surface area contributed by atoms with E-state index in [1.165, 1.54) is 12.1 Å². The topological polar surface area (TPSA) is 135 Å². The lowest BCUT2D eigenvalue weighted by Gasteiger charge is -2.16. The van der Waals surface area contributed by atoms with Gasteiger partial charge < -0.3 is 16.2 Å². The Morgan fingerprint density at radius 3 is 2.63 bits per heavy atom. The van der Waals surface area contributed by atoms with Crippen LogP contribution in [0.25, 0.3) is 0 Å². The van der Waals surface area contributed by atoms with E-state index in [1.54, 1.807) is 0 Å². The first kappa shape index (κ1) is 14.3. The third-order valence-corrected chi connectivity index (χ3v) is 2.21. The van der Waals surface area contributed by atoms with Crippen molar-refractivity contribution in [2.24, 2.45) is 5.73 Å². The number of rotatable bonds is 3. The fourth-order valence-corrected chi connectivity index (χ4v) is 1.54. The Labute approximate surface area is 110 Å². The van der Waals surface area contributed by atoms with Gasteiger partial charge in [-0.05, 0) is 26.0 Å². The summed E-state index contributed by atoms with van der Waals surface area (Å²) in [5.41, 5.74) is 5.42. The highest BCUT2D eigenvalue weighted by Crippen LogP contribution is 2.29. The number of nitrogens with two attached hydrogens (primary N) is 1. The maximum Gasteiger partial charge on any atom is 0.263 e. The van der Waals surface area contributed by atoms with Crippen molar-refractivity contribution in [3.8, 4) is 11.8 Å². The first-order valence-electron chi connectivity index (χ1n) is 5.54. The van der Waals surface area contributed by atoms with Crippen molar-refractivity contribution in [3.05, 3.63) is 23.3 Å². The molecule has 7 heteroatoms. The Balaban J connectivity index is 3.38. The van der Waals surface area contributed by atoms with Gasteiger partial charge in [0.1, 0.15) is 17.4 Å². The maximum atomic E-state index is 11.9. The van der Waals surface area contributed by atoms with E-state index < -0.39 is 11.9 Å². The highest BCUT2D eigenvalue weighted by Gasteiger charge is 2.20. The van der Waals surface area contributed by atoms with Crippen LogP contribution >= 0.6 is 0 Å². The average molecular weight is 261 g/mol. The van der Waals surface area contributed by atoms with Crippen LogP contribution in [0.5, 0.6) is 5.75 Å². The van der Waals surface area contributed by atoms with Crippen LogP contribution in [0.1, 0.15) is 29.8 Å². The zero-order chi connectivity index (χ0) is 14.6. The molecule has 0 saturated heterocycles. The summed E-state index contributed by atoms with van der Waals surface area (Å²) in [7, 11) is 0. The van der Waals surface area contributed by atoms with Crippen molar-refractivity contribution >= 4 is 17.6 Å². The van der Waals surface area contributed by atoms with Gasteiger partial charge in [0.2, 0.25) is 0 Å². The summed E-state index contributed by atoms with van der Waals surface area (Å²) in [6, 6.07) is 4.55. The molecule has 0 spiro atoms. The van der Waals surface area contributed by atoms with Gasteiger partial charge in [0.15, 0.2) is 5.96 Å². The summed E-state index contributed by atoms with van der Waals surface area (Å²) in [4.78, 5) is 11.9. The van der Waals surface area contributed by atoms with Crippen molar-refractivity contribution in [2.75, 3.05) is 5.32 Å². The molecule has 1 rings (SSSR count). The molecule has 7 nitrogen and oxygen atoms in total. The number of phenolic OH excluding ortho intramolecular Hbond substituents is 1. The number of nitrogens with one attached hydrogen (secondary N) is 3. The zero-order valence-electron chi connectivity index (χ0n) is 10.6. The molecular weight excluding hydrogens is 246 g/mol. The summed E-state index contributed by atoms with van der Waals surface area (Å²) >= 11 is 0. The summed E-state index contributed by atoms with van der Waals surface area (Å²) in [6.45, 7) is 3.66. The third-order valence-electron chi connectivity index (χ3n) is 2.21. The number of anilines is 1. The minimum absolute atomic E-state index is 0.0437. The minimum atomic E-state index is -0.745. The van der Waals surface area contributed by atoms with Crippen molar-refractivity contribution in [2.45, 2.75) is 19.9 Å². The minimum Gasteiger partial charge on any atom is -0.507 e. The highest BCUT2D eigenvalue weighted by atomic mass is 16.3. The molecule has 0 aliphatic rings. The molecule has 0 saturated carbocycles. The summed E-state index contributed by atoms with van der Waals surface area (Å²) in [5.74, 6) is -1.58. The molecule has 0 bridgehead atoms. The molecule has 100 valence electrons. The maximum absolute atomic E-state index is 11.9. The number of phenols is 1. The standard InChI is InChI=1S/C12H15N5O2/c1-6(2)16-10-7(5-13)3-4-8(18)9(10)11(19)17-12(14)15/h3-4,6,16,18H,1-2H3,(H4,14,15,17,19). The smallest absolute Gasteiger partial charge is 0.263 e. The van der Waals surface area contributed by atoms with Crippen molar-refractivity contribution < 1.29 is 9.90 Å². The molecule has 0 aliphatic carbocycles. The predicted molar refractivity (Wildman–Crippen MR) is 71.0 cm³/mol. The predicted octanol–water partition coefficient (Wildman–Crippen LogP) is 0.707. The Morgan fingerprint density at radius 1 is 1.53 bits per heavy atom. The van der Waals surface area contributed by atoms with Crippen LogP contribution in [0.3, 0.4) is 0 Å². The van der Waals surface area contributed by atoms with Gasteiger partial charge in [-0.25, -0.2) is 0 Å². The van der Waals surface area contributed by atoms with E-state index in [0.29, 0.717) is 0 Å². The van der Waals surface area contributed by atoms with Gasteiger partial charge >= 0.3 is 0 Å². The van der Waals surface area contributed by atoms with Crippen LogP contribution in [0.2, 0.25) is 0 Å². The first-order chi connectivity index (χ1) is 8.86. The number of carbonyl (C=O) groups excluding carboxylic acids is 1. The zero-order valence-corrected chi connectivity index (χ0v) is 10.6. The number of benzene rings is 1. The summed E-state index contributed by atoms with van der Waals surface area (Å²) in [5, 5.41) is 30.9. The Kier molecular flexibility index (Phi) is 4.32. The molecule has 1 aromatic carbocycles. The van der Waals surface area contributed by atoms with Gasteiger partial charge in [-0.3, -0.25) is 15.5 Å². The second-order valence-electron chi connectivity index (χ2n) is 4.16. The number of guanidine groups is 1. The van der Waals surface area contributed by atoms with Crippen LogP contribution in [0, 0.1) is 16.7 Å². The molecule has 1 amide bonds. The van der Waals surface area contributed by atoms with Gasteiger partial charge in [0, 0.05) is 6.04 Å². The van der Waals surface area contributed by atoms with Crippen molar-refractivity contribution in [3.63, 3.8) is 0 Å². The van der Waals surface area contributed by atoms with E-state index in [2.05, 4.69) is 10.6 Å². The van der Waals surface area contributed by atoms with Crippen LogP contribution in [-0.4, -0.2) is 23.0 Å². The fraction of sp³-hybridized carbons (Fsp3) is 0.250. The molecule has 0 unspecified atom stereocenters. The van der Waals surface area contributed by atoms with E-state index in [-0.39, 0.29) is 28.6 Å². The molecule has 1 aromatic rings. The second kappa shape index (κ2) is 5.73. The number of carbonyl (C=O) groups is 1. The quantitative estimate of drug-likeness (QED) is 0.403. The van der Waals surface area contributed by atoms with E-state index in [1.807, 2.05) is 19.9 Å². The van der Waals surface area contributed by atoms with Gasteiger partial charge in [0.25, 0.3) is 5.91 Å². The highest BCUT2D eigenvalue weighted by molar-refractivity contribution is 6.10. The third kappa shape index (κ3) is 3.35. The normalized spacial score (nSPS) is 9.79. The van der Waals surface area contributed by atoms with E-state index in [4.69, 9.17) is 16.4 Å². The number of aromatic hydroxyl groups is 1. The van der Waals surface area contributed by atoms with Gasteiger partial charge in [-0.15, -0.1) is 0 Å². The largest absolute Gasteiger partial charge is 0.507 e. The van der Waals surface area contributed by atoms with Gasteiger partial charge in [0.05, 0.1) is 11.3 Å². The SMILES string of the molecule is CC(C)Nc1c(C#N)ccc(O)c1C(=O)NC(=N)N. The molecule has 0 heterocycles. The summed E-state index contributed by atoms with van der Waals surface area (Å²) < 4.78 is 0. The number of amides is 1. The number of nitrogens with zero attached hydrogens (tertiary/aromatic N) is 1. The lowest BCUT2D eigenvalue weighted by atomic mass is 10.0. The Morgan fingerprint density at radius 2 is 2.16 bits per heavy atom. The molecule has 0 fully saturated rings. The van der Waals surface area contributed by atoms with Crippen molar-refractivity contribution in [1.82, 2.24) is 5.32 Å².